The lowest BCUT2D eigenvalue weighted by Gasteiger charge is -2.29. The quantitative estimate of drug-likeness (QED) is 0.749. The van der Waals surface area contributed by atoms with Crippen LogP contribution in [-0.4, -0.2) is 15.0 Å². The third-order valence-electron chi connectivity index (χ3n) is 3.90. The number of hydrogen-bond donors (Lipinski definition) is 0. The molecule has 0 atom stereocenters. The van der Waals surface area contributed by atoms with E-state index in [-0.39, 0.29) is 15.9 Å². The Morgan fingerprint density at radius 2 is 1.78 bits per heavy atom. The number of aryl methyl sites for hydroxylation is 1. The van der Waals surface area contributed by atoms with E-state index in [1.54, 1.807) is 30.3 Å². The molecule has 0 N–H and O–H groups in total. The average Bonchev–Trinajstić information content (AvgIpc) is 2.50. The third-order valence-corrected chi connectivity index (χ3v) is 6.31. The number of nitrogens with zero attached hydrogens (tertiary/aromatic N) is 1. The highest BCUT2D eigenvalue weighted by Gasteiger charge is 2.29. The Labute approximate surface area is 143 Å². The predicted octanol–water partition coefficient (Wildman–Crippen LogP) is 4.51. The highest BCUT2D eigenvalue weighted by Crippen LogP contribution is 2.37. The first-order chi connectivity index (χ1) is 10.8. The molecule has 1 heterocycles. The number of hydrogen-bond acceptors (Lipinski definition) is 2. The molecule has 2 aromatic rings. The average molecular weight is 396 g/mol. The Hall–Kier alpha value is -1.66. The Morgan fingerprint density at radius 3 is 2.43 bits per heavy atom. The summed E-state index contributed by atoms with van der Waals surface area (Å²) in [5, 5.41) is 0. The SMILES string of the molecule is CC1=CCN(S(=O)(=O)c2ccc(C)cc2)c2cc(Br)c(F)cc21. The van der Waals surface area contributed by atoms with E-state index in [1.807, 2.05) is 13.8 Å². The van der Waals surface area contributed by atoms with E-state index in [0.29, 0.717) is 11.3 Å². The second kappa shape index (κ2) is 5.76. The molecule has 0 bridgehead atoms. The van der Waals surface area contributed by atoms with Gasteiger partial charge in [0, 0.05) is 5.56 Å². The van der Waals surface area contributed by atoms with E-state index in [9.17, 15) is 12.8 Å². The van der Waals surface area contributed by atoms with Gasteiger partial charge in [0.2, 0.25) is 0 Å². The lowest BCUT2D eigenvalue weighted by atomic mass is 10.0. The lowest BCUT2D eigenvalue weighted by Crippen LogP contribution is -2.33. The van der Waals surface area contributed by atoms with Crippen molar-refractivity contribution in [2.24, 2.45) is 0 Å². The highest BCUT2D eigenvalue weighted by molar-refractivity contribution is 9.10. The molecule has 0 aliphatic carbocycles. The molecule has 1 aliphatic rings. The van der Waals surface area contributed by atoms with E-state index in [1.165, 1.54) is 16.4 Å². The van der Waals surface area contributed by atoms with Gasteiger partial charge >= 0.3 is 0 Å². The van der Waals surface area contributed by atoms with Gasteiger partial charge in [0.05, 0.1) is 21.6 Å². The second-order valence-electron chi connectivity index (χ2n) is 5.52. The minimum Gasteiger partial charge on any atom is -0.262 e. The first-order valence-electron chi connectivity index (χ1n) is 7.06. The third kappa shape index (κ3) is 2.81. The highest BCUT2D eigenvalue weighted by atomic mass is 79.9. The molecule has 1 aliphatic heterocycles. The van der Waals surface area contributed by atoms with Crippen molar-refractivity contribution in [3.05, 3.63) is 63.9 Å². The normalized spacial score (nSPS) is 14.4. The summed E-state index contributed by atoms with van der Waals surface area (Å²) in [6.07, 6.45) is 1.79. The Bertz CT molecular complexity index is 905. The van der Waals surface area contributed by atoms with Crippen LogP contribution in [0, 0.1) is 12.7 Å². The van der Waals surface area contributed by atoms with Gasteiger partial charge in [-0.2, -0.15) is 0 Å². The molecule has 3 nitrogen and oxygen atoms in total. The van der Waals surface area contributed by atoms with Gasteiger partial charge in [0.25, 0.3) is 10.0 Å². The molecule has 0 aromatic heterocycles. The fourth-order valence-corrected chi connectivity index (χ4v) is 4.30. The molecule has 23 heavy (non-hydrogen) atoms. The zero-order valence-corrected chi connectivity index (χ0v) is 15.1. The van der Waals surface area contributed by atoms with Crippen LogP contribution in [-0.2, 0) is 10.0 Å². The van der Waals surface area contributed by atoms with Crippen molar-refractivity contribution in [3.63, 3.8) is 0 Å². The van der Waals surface area contributed by atoms with Crippen LogP contribution < -0.4 is 4.31 Å². The van der Waals surface area contributed by atoms with Crippen LogP contribution in [0.1, 0.15) is 18.1 Å². The summed E-state index contributed by atoms with van der Waals surface area (Å²) in [6, 6.07) is 9.59. The number of benzene rings is 2. The molecule has 0 spiro atoms. The van der Waals surface area contributed by atoms with Crippen LogP contribution in [0.3, 0.4) is 0 Å². The number of fused-ring (bicyclic) bond motifs is 1. The van der Waals surface area contributed by atoms with Crippen molar-refractivity contribution >= 4 is 37.2 Å². The van der Waals surface area contributed by atoms with E-state index >= 15 is 0 Å². The van der Waals surface area contributed by atoms with E-state index in [0.717, 1.165) is 11.1 Å². The number of anilines is 1. The summed E-state index contributed by atoms with van der Waals surface area (Å²) >= 11 is 3.14. The molecule has 3 rings (SSSR count). The second-order valence-corrected chi connectivity index (χ2v) is 8.24. The zero-order chi connectivity index (χ0) is 16.8. The van der Waals surface area contributed by atoms with Crippen LogP contribution >= 0.6 is 15.9 Å². The molecular formula is C17H15BrFNO2S. The topological polar surface area (TPSA) is 37.4 Å². The lowest BCUT2D eigenvalue weighted by molar-refractivity contribution is 0.592. The van der Waals surface area contributed by atoms with Gasteiger partial charge in [-0.05, 0) is 59.6 Å². The molecule has 0 unspecified atom stereocenters. The monoisotopic (exact) mass is 395 g/mol. The maximum atomic E-state index is 13.8. The van der Waals surface area contributed by atoms with Gasteiger partial charge in [-0.15, -0.1) is 0 Å². The van der Waals surface area contributed by atoms with Crippen molar-refractivity contribution in [2.75, 3.05) is 10.8 Å². The first-order valence-corrected chi connectivity index (χ1v) is 9.29. The molecule has 2 aromatic carbocycles. The van der Waals surface area contributed by atoms with Gasteiger partial charge in [-0.25, -0.2) is 12.8 Å². The fourth-order valence-electron chi connectivity index (χ4n) is 2.55. The van der Waals surface area contributed by atoms with Gasteiger partial charge in [-0.3, -0.25) is 4.31 Å². The summed E-state index contributed by atoms with van der Waals surface area (Å²) in [4.78, 5) is 0.224. The van der Waals surface area contributed by atoms with Crippen molar-refractivity contribution in [3.8, 4) is 0 Å². The molecule has 0 saturated carbocycles. The maximum Gasteiger partial charge on any atom is 0.264 e. The molecule has 0 radical (unpaired) electrons. The number of halogens is 2. The van der Waals surface area contributed by atoms with Crippen molar-refractivity contribution in [2.45, 2.75) is 18.7 Å². The van der Waals surface area contributed by atoms with E-state index in [2.05, 4.69) is 15.9 Å². The number of rotatable bonds is 2. The van der Waals surface area contributed by atoms with Crippen molar-refractivity contribution < 1.29 is 12.8 Å². The van der Waals surface area contributed by atoms with E-state index < -0.39 is 15.8 Å². The summed E-state index contributed by atoms with van der Waals surface area (Å²) in [6.45, 7) is 3.98. The largest absolute Gasteiger partial charge is 0.264 e. The van der Waals surface area contributed by atoms with Crippen molar-refractivity contribution in [1.82, 2.24) is 0 Å². The molecule has 0 amide bonds. The van der Waals surface area contributed by atoms with Crippen LogP contribution in [0.15, 0.2) is 51.8 Å². The molecule has 0 saturated heterocycles. The molecule has 0 fully saturated rings. The number of sulfonamides is 1. The standard InChI is InChI=1S/C17H15BrFNO2S/c1-11-3-5-13(6-4-11)23(21,22)20-8-7-12(2)14-9-16(19)15(18)10-17(14)20/h3-7,9-10H,8H2,1-2H3. The Morgan fingerprint density at radius 1 is 1.13 bits per heavy atom. The van der Waals surface area contributed by atoms with Crippen LogP contribution in [0.4, 0.5) is 10.1 Å². The minimum atomic E-state index is -3.70. The van der Waals surface area contributed by atoms with Gasteiger partial charge in [0.15, 0.2) is 0 Å². The summed E-state index contributed by atoms with van der Waals surface area (Å²) in [7, 11) is -3.70. The zero-order valence-electron chi connectivity index (χ0n) is 12.7. The maximum absolute atomic E-state index is 13.8. The van der Waals surface area contributed by atoms with Crippen molar-refractivity contribution in [1.29, 1.82) is 0 Å². The Balaban J connectivity index is 2.16. The Kier molecular flexibility index (Phi) is 4.06. The minimum absolute atomic E-state index is 0.224. The summed E-state index contributed by atoms with van der Waals surface area (Å²) in [5.41, 5.74) is 2.93. The molecule has 120 valence electrons. The van der Waals surface area contributed by atoms with Crippen LogP contribution in [0.25, 0.3) is 5.57 Å². The van der Waals surface area contributed by atoms with E-state index in [4.69, 9.17) is 0 Å². The van der Waals surface area contributed by atoms with Crippen LogP contribution in [0.5, 0.6) is 0 Å². The van der Waals surface area contributed by atoms with Gasteiger partial charge < -0.3 is 0 Å². The summed E-state index contributed by atoms with van der Waals surface area (Å²) < 4.78 is 41.3. The number of allylic oxidation sites excluding steroid dienone is 1. The van der Waals surface area contributed by atoms with Gasteiger partial charge in [-0.1, -0.05) is 23.8 Å². The van der Waals surface area contributed by atoms with Gasteiger partial charge in [0.1, 0.15) is 5.82 Å². The van der Waals surface area contributed by atoms with Crippen LogP contribution in [0.2, 0.25) is 0 Å². The first kappa shape index (κ1) is 16.2. The smallest absolute Gasteiger partial charge is 0.262 e. The summed E-state index contributed by atoms with van der Waals surface area (Å²) in [5.74, 6) is -0.411. The molecular weight excluding hydrogens is 381 g/mol. The fraction of sp³-hybridized carbons (Fsp3) is 0.176. The predicted molar refractivity (Wildman–Crippen MR) is 93.5 cm³/mol. The molecule has 6 heteroatoms.